The molecule has 0 aliphatic rings. The third kappa shape index (κ3) is 23.3. The molecule has 0 fully saturated rings. The summed E-state index contributed by atoms with van der Waals surface area (Å²) in [7, 11) is 0. The molecule has 0 spiro atoms. The fraction of sp³-hybridized carbons (Fsp3) is 0.400. The molecule has 0 heterocycles. The number of hydrogen-bond donors (Lipinski definition) is 0. The molecule has 0 N–H and O–H groups in total. The summed E-state index contributed by atoms with van der Waals surface area (Å²) in [5, 5.41) is 0. The summed E-state index contributed by atoms with van der Waals surface area (Å²) >= 11 is 0. The van der Waals surface area contributed by atoms with Gasteiger partial charge >= 0.3 is 0 Å². The van der Waals surface area contributed by atoms with Crippen LogP contribution < -0.4 is 0 Å². The Bertz CT molecular complexity index is 59.1. The Morgan fingerprint density at radius 1 is 1.71 bits per heavy atom. The van der Waals surface area contributed by atoms with Crippen molar-refractivity contribution in [2.75, 3.05) is 0 Å². The van der Waals surface area contributed by atoms with Crippen molar-refractivity contribution < 1.29 is 25.9 Å². The maximum absolute atomic E-state index is 9.69. The van der Waals surface area contributed by atoms with Crippen molar-refractivity contribution in [1.82, 2.24) is 0 Å². The Hall–Kier alpha value is 0.0983. The van der Waals surface area contributed by atoms with Crippen LogP contribution in [0, 0.1) is 0 Å². The fourth-order valence-electron chi connectivity index (χ4n) is 0. The van der Waals surface area contributed by atoms with E-state index in [1.54, 1.807) is 0 Å². The number of rotatable bonds is 1. The average molecular weight is 270 g/mol. The molecule has 0 rings (SSSR count). The van der Waals surface area contributed by atoms with Gasteiger partial charge in [-0.1, -0.05) is 14.0 Å². The van der Waals surface area contributed by atoms with Crippen molar-refractivity contribution in [3.63, 3.8) is 0 Å². The Morgan fingerprint density at radius 3 is 1.86 bits per heavy atom. The van der Waals surface area contributed by atoms with Crippen LogP contribution in [0.5, 0.6) is 0 Å². The molecule has 1 nitrogen and oxygen atoms in total. The van der Waals surface area contributed by atoms with E-state index >= 15 is 0 Å². The van der Waals surface area contributed by atoms with Crippen molar-refractivity contribution in [2.45, 2.75) is 14.4 Å². The van der Waals surface area contributed by atoms with E-state index in [2.05, 4.69) is 6.58 Å². The van der Waals surface area contributed by atoms with Crippen molar-refractivity contribution in [3.8, 4) is 0 Å². The molecule has 0 aliphatic heterocycles. The van der Waals surface area contributed by atoms with E-state index in [1.807, 2.05) is 0 Å². The number of allylic oxidation sites excluding steroid dienone is 1. The smallest absolute Gasteiger partial charge is 0.152 e. The molecule has 2 heteroatoms. The van der Waals surface area contributed by atoms with Gasteiger partial charge in [0, 0.05) is 21.1 Å². The fourth-order valence-corrected chi connectivity index (χ4v) is 0. The molecular weight excluding hydrogens is 260 g/mol. The molecule has 0 amide bonds. The van der Waals surface area contributed by atoms with E-state index in [1.165, 1.54) is 13.0 Å². The average Bonchev–Trinajstić information content (AvgIpc) is 1.38. The zero-order chi connectivity index (χ0) is 4.28. The van der Waals surface area contributed by atoms with Crippen LogP contribution in [-0.4, -0.2) is 5.78 Å². The van der Waals surface area contributed by atoms with Crippen LogP contribution in [-0.2, 0) is 25.9 Å². The van der Waals surface area contributed by atoms with E-state index in [4.69, 9.17) is 0 Å². The SMILES string of the molecule is C.C=CC(C)=O.[W]. The van der Waals surface area contributed by atoms with Gasteiger partial charge in [0.1, 0.15) is 0 Å². The zero-order valence-electron chi connectivity index (χ0n) is 3.60. The van der Waals surface area contributed by atoms with E-state index in [0.717, 1.165) is 0 Å². The summed E-state index contributed by atoms with van der Waals surface area (Å²) in [4.78, 5) is 9.69. The van der Waals surface area contributed by atoms with Crippen LogP contribution in [0.3, 0.4) is 0 Å². The van der Waals surface area contributed by atoms with E-state index in [0.29, 0.717) is 0 Å². The van der Waals surface area contributed by atoms with Crippen molar-refractivity contribution >= 4 is 5.78 Å². The van der Waals surface area contributed by atoms with Gasteiger partial charge in [0.05, 0.1) is 0 Å². The van der Waals surface area contributed by atoms with Gasteiger partial charge in [0.15, 0.2) is 5.78 Å². The van der Waals surface area contributed by atoms with Crippen LogP contribution in [0.25, 0.3) is 0 Å². The Kier molecular flexibility index (Phi) is 21.2. The Balaban J connectivity index is -0.0000000800. The third-order valence-electron chi connectivity index (χ3n) is 0.287. The second kappa shape index (κ2) is 9.44. The Labute approximate surface area is 59.1 Å². The zero-order valence-corrected chi connectivity index (χ0v) is 6.53. The van der Waals surface area contributed by atoms with Crippen LogP contribution in [0.4, 0.5) is 0 Å². The molecule has 0 unspecified atom stereocenters. The van der Waals surface area contributed by atoms with E-state index in [9.17, 15) is 4.79 Å². The van der Waals surface area contributed by atoms with Gasteiger partial charge in [-0.05, 0) is 13.0 Å². The van der Waals surface area contributed by atoms with Crippen LogP contribution in [0.1, 0.15) is 14.4 Å². The summed E-state index contributed by atoms with van der Waals surface area (Å²) < 4.78 is 0. The van der Waals surface area contributed by atoms with Gasteiger partial charge in [0.25, 0.3) is 0 Å². The number of ketones is 1. The van der Waals surface area contributed by atoms with Crippen LogP contribution in [0.15, 0.2) is 12.7 Å². The van der Waals surface area contributed by atoms with Crippen molar-refractivity contribution in [1.29, 1.82) is 0 Å². The summed E-state index contributed by atoms with van der Waals surface area (Å²) in [6, 6.07) is 0. The predicted octanol–water partition coefficient (Wildman–Crippen LogP) is 1.40. The first kappa shape index (κ1) is 15.7. The Morgan fingerprint density at radius 2 is 1.86 bits per heavy atom. The van der Waals surface area contributed by atoms with Crippen molar-refractivity contribution in [3.05, 3.63) is 12.7 Å². The molecule has 7 heavy (non-hydrogen) atoms. The molecule has 0 aromatic rings. The first-order valence-corrected chi connectivity index (χ1v) is 1.40. The van der Waals surface area contributed by atoms with Gasteiger partial charge in [-0.25, -0.2) is 0 Å². The first-order chi connectivity index (χ1) is 2.27. The van der Waals surface area contributed by atoms with Gasteiger partial charge in [-0.3, -0.25) is 4.79 Å². The second-order valence-corrected chi connectivity index (χ2v) is 0.815. The molecule has 0 saturated heterocycles. The topological polar surface area (TPSA) is 17.1 Å². The molecule has 0 bridgehead atoms. The number of carbonyl (C=O) groups is 1. The summed E-state index contributed by atoms with van der Waals surface area (Å²) in [5.41, 5.74) is 0. The molecule has 0 radical (unpaired) electrons. The monoisotopic (exact) mass is 270 g/mol. The number of hydrogen-bond acceptors (Lipinski definition) is 1. The van der Waals surface area contributed by atoms with E-state index < -0.39 is 0 Å². The molecule has 0 aromatic carbocycles. The van der Waals surface area contributed by atoms with Gasteiger partial charge < -0.3 is 0 Å². The first-order valence-electron chi connectivity index (χ1n) is 1.40. The van der Waals surface area contributed by atoms with Gasteiger partial charge in [-0.2, -0.15) is 0 Å². The summed E-state index contributed by atoms with van der Waals surface area (Å²) in [5.74, 6) is 0.0185. The number of carbonyl (C=O) groups excluding carboxylic acids is 1. The summed E-state index contributed by atoms with van der Waals surface area (Å²) in [6.07, 6.45) is 1.28. The second-order valence-electron chi connectivity index (χ2n) is 0.815. The third-order valence-corrected chi connectivity index (χ3v) is 0.287. The van der Waals surface area contributed by atoms with E-state index in [-0.39, 0.29) is 34.3 Å². The minimum Gasteiger partial charge on any atom is -0.295 e. The molecule has 42 valence electrons. The van der Waals surface area contributed by atoms with Crippen LogP contribution in [0.2, 0.25) is 0 Å². The largest absolute Gasteiger partial charge is 0.295 e. The standard InChI is InChI=1S/C4H6O.CH4.W/c1-3-4(2)5;;/h3H,1H2,2H3;1H4;. The predicted molar refractivity (Wildman–Crippen MR) is 27.6 cm³/mol. The molecule has 0 aromatic heterocycles. The molecule has 0 aliphatic carbocycles. The summed E-state index contributed by atoms with van der Waals surface area (Å²) in [6.45, 7) is 4.68. The molecule has 0 atom stereocenters. The maximum atomic E-state index is 9.69. The maximum Gasteiger partial charge on any atom is 0.152 e. The minimum absolute atomic E-state index is 0. The van der Waals surface area contributed by atoms with Crippen LogP contribution >= 0.6 is 0 Å². The van der Waals surface area contributed by atoms with Gasteiger partial charge in [0.2, 0.25) is 0 Å². The molecule has 0 saturated carbocycles. The normalized spacial score (nSPS) is 4.71. The molecular formula is C5H10OW. The van der Waals surface area contributed by atoms with Crippen molar-refractivity contribution in [2.24, 2.45) is 0 Å². The quantitative estimate of drug-likeness (QED) is 0.658. The van der Waals surface area contributed by atoms with Gasteiger partial charge in [-0.15, -0.1) is 0 Å². The minimum atomic E-state index is 0.